The quantitative estimate of drug-likeness (QED) is 0.812. The van der Waals surface area contributed by atoms with Gasteiger partial charge in [0.05, 0.1) is 17.5 Å². The van der Waals surface area contributed by atoms with Crippen molar-refractivity contribution in [3.8, 4) is 0 Å². The van der Waals surface area contributed by atoms with Gasteiger partial charge in [-0.2, -0.15) is 0 Å². The second kappa shape index (κ2) is 5.33. The van der Waals surface area contributed by atoms with Crippen molar-refractivity contribution in [2.24, 2.45) is 0 Å². The molecular formula is C12H13NO3S. The van der Waals surface area contributed by atoms with Crippen molar-refractivity contribution in [2.45, 2.75) is 11.7 Å². The Hall–Kier alpha value is -1.33. The molecule has 2 rings (SSSR count). The average molecular weight is 251 g/mol. The third-order valence-electron chi connectivity index (χ3n) is 2.53. The van der Waals surface area contributed by atoms with Crippen LogP contribution in [0.4, 0.5) is 5.69 Å². The SMILES string of the molecule is O=C1C[C@@H](SCCO)C(=O)N1c1ccccc1. The molecule has 1 aliphatic heterocycles. The summed E-state index contributed by atoms with van der Waals surface area (Å²) < 4.78 is 0. The highest BCUT2D eigenvalue weighted by atomic mass is 32.2. The van der Waals surface area contributed by atoms with Crippen LogP contribution in [0.15, 0.2) is 30.3 Å². The molecule has 0 aliphatic carbocycles. The monoisotopic (exact) mass is 251 g/mol. The first kappa shape index (κ1) is 12.1. The number of aliphatic hydroxyl groups excluding tert-OH is 1. The third kappa shape index (κ3) is 2.50. The lowest BCUT2D eigenvalue weighted by atomic mass is 10.3. The van der Waals surface area contributed by atoms with Gasteiger partial charge in [-0.3, -0.25) is 9.59 Å². The molecule has 0 aromatic heterocycles. The predicted molar refractivity (Wildman–Crippen MR) is 66.9 cm³/mol. The van der Waals surface area contributed by atoms with Crippen molar-refractivity contribution in [3.05, 3.63) is 30.3 Å². The molecular weight excluding hydrogens is 238 g/mol. The molecule has 2 amide bonds. The van der Waals surface area contributed by atoms with Crippen LogP contribution in [0.2, 0.25) is 0 Å². The van der Waals surface area contributed by atoms with Crippen LogP contribution in [-0.2, 0) is 9.59 Å². The molecule has 0 spiro atoms. The highest BCUT2D eigenvalue weighted by Gasteiger charge is 2.39. The topological polar surface area (TPSA) is 57.6 Å². The zero-order valence-electron chi connectivity index (χ0n) is 9.20. The van der Waals surface area contributed by atoms with E-state index in [9.17, 15) is 9.59 Å². The van der Waals surface area contributed by atoms with E-state index in [4.69, 9.17) is 5.11 Å². The molecule has 1 aromatic rings. The fourth-order valence-electron chi connectivity index (χ4n) is 1.78. The normalized spacial score (nSPS) is 20.1. The minimum atomic E-state index is -0.352. The first-order valence-corrected chi connectivity index (χ1v) is 6.43. The van der Waals surface area contributed by atoms with Crippen molar-refractivity contribution in [3.63, 3.8) is 0 Å². The minimum absolute atomic E-state index is 0.0218. The molecule has 1 fully saturated rings. The van der Waals surface area contributed by atoms with Crippen LogP contribution >= 0.6 is 11.8 Å². The van der Waals surface area contributed by atoms with E-state index in [0.717, 1.165) is 0 Å². The average Bonchev–Trinajstić information content (AvgIpc) is 2.63. The summed E-state index contributed by atoms with van der Waals surface area (Å²) in [4.78, 5) is 25.0. The van der Waals surface area contributed by atoms with Gasteiger partial charge in [-0.1, -0.05) is 18.2 Å². The Morgan fingerprint density at radius 3 is 2.65 bits per heavy atom. The second-order valence-electron chi connectivity index (χ2n) is 3.69. The molecule has 4 nitrogen and oxygen atoms in total. The highest BCUT2D eigenvalue weighted by molar-refractivity contribution is 8.00. The standard InChI is InChI=1S/C12H13NO3S/c14-6-7-17-10-8-11(15)13(12(10)16)9-4-2-1-3-5-9/h1-5,10,14H,6-8H2/t10-/m1/s1. The summed E-state index contributed by atoms with van der Waals surface area (Å²) in [6, 6.07) is 8.92. The Kier molecular flexibility index (Phi) is 3.81. The number of nitrogens with zero attached hydrogens (tertiary/aromatic N) is 1. The van der Waals surface area contributed by atoms with Crippen LogP contribution in [0.1, 0.15) is 6.42 Å². The van der Waals surface area contributed by atoms with E-state index in [0.29, 0.717) is 11.4 Å². The Morgan fingerprint density at radius 1 is 1.29 bits per heavy atom. The number of aliphatic hydroxyl groups is 1. The van der Waals surface area contributed by atoms with Gasteiger partial charge in [-0.25, -0.2) is 4.90 Å². The summed E-state index contributed by atoms with van der Waals surface area (Å²) in [7, 11) is 0. The molecule has 0 saturated carbocycles. The molecule has 0 bridgehead atoms. The lowest BCUT2D eigenvalue weighted by molar-refractivity contribution is -0.121. The van der Waals surface area contributed by atoms with Gasteiger partial charge in [-0.05, 0) is 12.1 Å². The number of thioether (sulfide) groups is 1. The molecule has 1 heterocycles. The number of rotatable bonds is 4. The maximum atomic E-state index is 12.0. The first-order chi connectivity index (χ1) is 8.24. The van der Waals surface area contributed by atoms with Gasteiger partial charge < -0.3 is 5.11 Å². The van der Waals surface area contributed by atoms with E-state index in [-0.39, 0.29) is 30.1 Å². The number of imide groups is 1. The molecule has 0 radical (unpaired) electrons. The Labute approximate surface area is 104 Å². The van der Waals surface area contributed by atoms with Crippen molar-refractivity contribution in [2.75, 3.05) is 17.3 Å². The van der Waals surface area contributed by atoms with E-state index in [2.05, 4.69) is 0 Å². The maximum Gasteiger partial charge on any atom is 0.247 e. The summed E-state index contributed by atoms with van der Waals surface area (Å²) in [5, 5.41) is 8.38. The van der Waals surface area contributed by atoms with E-state index in [1.165, 1.54) is 16.7 Å². The molecule has 90 valence electrons. The molecule has 5 heteroatoms. The Bertz CT molecular complexity index is 421. The Balaban J connectivity index is 2.15. The Morgan fingerprint density at radius 2 is 2.00 bits per heavy atom. The van der Waals surface area contributed by atoms with Crippen LogP contribution in [0.3, 0.4) is 0 Å². The van der Waals surface area contributed by atoms with Crippen molar-refractivity contribution >= 4 is 29.3 Å². The zero-order valence-corrected chi connectivity index (χ0v) is 10.0. The van der Waals surface area contributed by atoms with Crippen LogP contribution < -0.4 is 4.90 Å². The number of carbonyl (C=O) groups excluding carboxylic acids is 2. The van der Waals surface area contributed by atoms with Crippen LogP contribution in [0, 0.1) is 0 Å². The van der Waals surface area contributed by atoms with Crippen molar-refractivity contribution in [1.29, 1.82) is 0 Å². The largest absolute Gasteiger partial charge is 0.396 e. The molecule has 1 saturated heterocycles. The van der Waals surface area contributed by atoms with Gasteiger partial charge in [0.2, 0.25) is 11.8 Å². The number of anilines is 1. The number of para-hydroxylation sites is 1. The van der Waals surface area contributed by atoms with Gasteiger partial charge >= 0.3 is 0 Å². The summed E-state index contributed by atoms with van der Waals surface area (Å²) in [6.07, 6.45) is 0.221. The second-order valence-corrected chi connectivity index (χ2v) is 5.00. The molecule has 1 aliphatic rings. The molecule has 1 atom stereocenters. The van der Waals surface area contributed by atoms with Crippen molar-refractivity contribution < 1.29 is 14.7 Å². The summed E-state index contributed by atoms with van der Waals surface area (Å²) in [5.41, 5.74) is 0.620. The van der Waals surface area contributed by atoms with Gasteiger partial charge in [0.25, 0.3) is 0 Å². The number of amides is 2. The van der Waals surface area contributed by atoms with Crippen LogP contribution in [0.5, 0.6) is 0 Å². The predicted octanol–water partition coefficient (Wildman–Crippen LogP) is 1.04. The maximum absolute atomic E-state index is 12.0. The van der Waals surface area contributed by atoms with E-state index < -0.39 is 0 Å². The van der Waals surface area contributed by atoms with Crippen LogP contribution in [0.25, 0.3) is 0 Å². The first-order valence-electron chi connectivity index (χ1n) is 5.38. The van der Waals surface area contributed by atoms with E-state index in [1.807, 2.05) is 6.07 Å². The zero-order chi connectivity index (χ0) is 12.3. The van der Waals surface area contributed by atoms with Gasteiger partial charge in [0.1, 0.15) is 0 Å². The number of carbonyl (C=O) groups is 2. The van der Waals surface area contributed by atoms with Gasteiger partial charge in [-0.15, -0.1) is 11.8 Å². The molecule has 0 unspecified atom stereocenters. The lowest BCUT2D eigenvalue weighted by Gasteiger charge is -2.14. The van der Waals surface area contributed by atoms with E-state index >= 15 is 0 Å². The molecule has 17 heavy (non-hydrogen) atoms. The van der Waals surface area contributed by atoms with E-state index in [1.54, 1.807) is 24.3 Å². The minimum Gasteiger partial charge on any atom is -0.396 e. The van der Waals surface area contributed by atoms with Gasteiger partial charge in [0.15, 0.2) is 0 Å². The summed E-state index contributed by atoms with van der Waals surface area (Å²) >= 11 is 1.33. The molecule has 1 N–H and O–H groups in total. The summed E-state index contributed by atoms with van der Waals surface area (Å²) in [5.74, 6) is 0.128. The number of hydrogen-bond donors (Lipinski definition) is 1. The third-order valence-corrected chi connectivity index (χ3v) is 3.72. The molecule has 1 aromatic carbocycles. The lowest BCUT2D eigenvalue weighted by Crippen LogP contribution is -2.31. The summed E-state index contributed by atoms with van der Waals surface area (Å²) in [6.45, 7) is 0.0218. The number of hydrogen-bond acceptors (Lipinski definition) is 4. The fourth-order valence-corrected chi connectivity index (χ4v) is 2.68. The highest BCUT2D eigenvalue weighted by Crippen LogP contribution is 2.29. The fraction of sp³-hybridized carbons (Fsp3) is 0.333. The number of benzene rings is 1. The van der Waals surface area contributed by atoms with Gasteiger partial charge in [0, 0.05) is 12.2 Å². The van der Waals surface area contributed by atoms with Crippen molar-refractivity contribution in [1.82, 2.24) is 0 Å². The van der Waals surface area contributed by atoms with Crippen LogP contribution in [-0.4, -0.2) is 34.5 Å². The smallest absolute Gasteiger partial charge is 0.247 e.